The molecule has 0 saturated heterocycles. The van der Waals surface area contributed by atoms with Crippen LogP contribution in [-0.2, 0) is 14.3 Å². The molecule has 1 unspecified atom stereocenters. The van der Waals surface area contributed by atoms with E-state index in [-0.39, 0.29) is 23.2 Å². The van der Waals surface area contributed by atoms with Crippen LogP contribution in [0.5, 0.6) is 11.5 Å². The molecular formula is C26H33N2O5S+. The number of amides is 2. The Morgan fingerprint density at radius 3 is 2.79 bits per heavy atom. The van der Waals surface area contributed by atoms with E-state index in [9.17, 15) is 9.59 Å². The molecule has 1 N–H and O–H groups in total. The fourth-order valence-corrected chi connectivity index (χ4v) is 4.79. The highest BCUT2D eigenvalue weighted by Crippen LogP contribution is 2.35. The second kappa shape index (κ2) is 12.0. The number of methoxy groups -OCH3 is 1. The zero-order valence-electron chi connectivity index (χ0n) is 20.4. The van der Waals surface area contributed by atoms with Crippen LogP contribution in [0.4, 0.5) is 0 Å². The molecule has 0 saturated carbocycles. The van der Waals surface area contributed by atoms with Crippen molar-refractivity contribution in [1.82, 2.24) is 5.32 Å². The molecule has 34 heavy (non-hydrogen) atoms. The van der Waals surface area contributed by atoms with Gasteiger partial charge in [0.15, 0.2) is 11.5 Å². The fraction of sp³-hybridized carbons (Fsp3) is 0.423. The molecule has 2 amide bonds. The standard InChI is InChI=1S/C26H32N2O5S/c1-6-32-21-10-8-18(14-22(21)31-5)15-24-26(30)28(4)20-16-19(9-11-23(20)34-24)25(29)27-12-7-13-33-17(2)3/h8-11,14-17,23H,6-7,12-13H2,1-5H3/p+1/b24-15+. The maximum atomic E-state index is 13.1. The minimum Gasteiger partial charge on any atom is -0.493 e. The zero-order valence-corrected chi connectivity index (χ0v) is 21.2. The van der Waals surface area contributed by atoms with Gasteiger partial charge in [0.2, 0.25) is 5.71 Å². The average molecular weight is 486 g/mol. The fourth-order valence-electron chi connectivity index (χ4n) is 3.57. The van der Waals surface area contributed by atoms with E-state index in [0.29, 0.717) is 41.7 Å². The van der Waals surface area contributed by atoms with Crippen molar-refractivity contribution >= 4 is 35.4 Å². The van der Waals surface area contributed by atoms with Gasteiger partial charge in [-0.2, -0.15) is 4.58 Å². The van der Waals surface area contributed by atoms with Crippen LogP contribution in [0.1, 0.15) is 32.8 Å². The predicted molar refractivity (Wildman–Crippen MR) is 136 cm³/mol. The first kappa shape index (κ1) is 25.8. The van der Waals surface area contributed by atoms with Gasteiger partial charge >= 0.3 is 5.91 Å². The summed E-state index contributed by atoms with van der Waals surface area (Å²) in [5.41, 5.74) is 2.19. The smallest absolute Gasteiger partial charge is 0.425 e. The number of carbonyl (C=O) groups excluding carboxylic acids is 2. The Balaban J connectivity index is 1.73. The number of fused-ring (bicyclic) bond motifs is 1. The molecule has 1 aromatic carbocycles. The predicted octanol–water partition coefficient (Wildman–Crippen LogP) is 3.59. The highest BCUT2D eigenvalue weighted by atomic mass is 32.2. The number of ether oxygens (including phenoxy) is 3. The van der Waals surface area contributed by atoms with Crippen molar-refractivity contribution in [3.63, 3.8) is 0 Å². The van der Waals surface area contributed by atoms with E-state index in [0.717, 1.165) is 17.7 Å². The maximum absolute atomic E-state index is 13.1. The van der Waals surface area contributed by atoms with Crippen LogP contribution in [-0.4, -0.2) is 67.4 Å². The highest BCUT2D eigenvalue weighted by molar-refractivity contribution is 8.05. The maximum Gasteiger partial charge on any atom is 0.425 e. The summed E-state index contributed by atoms with van der Waals surface area (Å²) < 4.78 is 18.1. The van der Waals surface area contributed by atoms with E-state index in [4.69, 9.17) is 14.2 Å². The van der Waals surface area contributed by atoms with Gasteiger partial charge in [-0.05, 0) is 51.0 Å². The van der Waals surface area contributed by atoms with E-state index >= 15 is 0 Å². The summed E-state index contributed by atoms with van der Waals surface area (Å²) in [4.78, 5) is 26.3. The quantitative estimate of drug-likeness (QED) is 0.310. The molecule has 1 atom stereocenters. The lowest BCUT2D eigenvalue weighted by Crippen LogP contribution is -2.37. The first-order valence-corrected chi connectivity index (χ1v) is 12.4. The third-order valence-corrected chi connectivity index (χ3v) is 6.51. The molecule has 0 fully saturated rings. The Kier molecular flexibility index (Phi) is 9.12. The Morgan fingerprint density at radius 1 is 1.29 bits per heavy atom. The van der Waals surface area contributed by atoms with Gasteiger partial charge in [0.05, 0.1) is 19.8 Å². The van der Waals surface area contributed by atoms with Gasteiger partial charge in [-0.15, -0.1) is 0 Å². The minimum atomic E-state index is -0.152. The average Bonchev–Trinajstić information content (AvgIpc) is 2.82. The molecule has 7 nitrogen and oxygen atoms in total. The lowest BCUT2D eigenvalue weighted by molar-refractivity contribution is -0.413. The van der Waals surface area contributed by atoms with Crippen molar-refractivity contribution in [3.05, 3.63) is 52.5 Å². The SMILES string of the molecule is CCOc1ccc(/C=C2/SC3C=CC(C(=O)NCCCOC(C)C)=CC3=[N+](C)C2=O)cc1OC. The molecule has 2 aliphatic rings. The summed E-state index contributed by atoms with van der Waals surface area (Å²) in [6, 6.07) is 5.60. The summed E-state index contributed by atoms with van der Waals surface area (Å²) in [5.74, 6) is 1.03. The second-order valence-electron chi connectivity index (χ2n) is 8.17. The van der Waals surface area contributed by atoms with Crippen LogP contribution >= 0.6 is 11.8 Å². The molecule has 182 valence electrons. The third-order valence-electron chi connectivity index (χ3n) is 5.31. The molecule has 1 heterocycles. The largest absolute Gasteiger partial charge is 0.493 e. The lowest BCUT2D eigenvalue weighted by Gasteiger charge is -2.21. The molecule has 1 aliphatic carbocycles. The highest BCUT2D eigenvalue weighted by Gasteiger charge is 2.38. The second-order valence-corrected chi connectivity index (χ2v) is 9.35. The number of hydrogen-bond acceptors (Lipinski definition) is 6. The Bertz CT molecular complexity index is 1060. The van der Waals surface area contributed by atoms with Crippen molar-refractivity contribution in [2.24, 2.45) is 0 Å². The van der Waals surface area contributed by atoms with Crippen molar-refractivity contribution < 1.29 is 28.4 Å². The summed E-state index contributed by atoms with van der Waals surface area (Å²) in [6.07, 6.45) is 8.37. The summed E-state index contributed by atoms with van der Waals surface area (Å²) in [5, 5.41) is 2.87. The van der Waals surface area contributed by atoms with Gasteiger partial charge in [0, 0.05) is 24.8 Å². The third kappa shape index (κ3) is 6.39. The van der Waals surface area contributed by atoms with E-state index in [1.807, 2.05) is 57.2 Å². The van der Waals surface area contributed by atoms with E-state index < -0.39 is 0 Å². The molecule has 1 aromatic rings. The number of nitrogens with zero attached hydrogens (tertiary/aromatic N) is 1. The van der Waals surface area contributed by atoms with Gasteiger partial charge in [0.25, 0.3) is 5.91 Å². The number of carbonyl (C=O) groups is 2. The number of rotatable bonds is 10. The number of thioether (sulfide) groups is 1. The monoisotopic (exact) mass is 485 g/mol. The normalized spacial score (nSPS) is 18.8. The van der Waals surface area contributed by atoms with Crippen LogP contribution in [0.3, 0.4) is 0 Å². The Hall–Kier alpha value is -2.84. The van der Waals surface area contributed by atoms with Crippen LogP contribution in [0.15, 0.2) is 46.9 Å². The first-order valence-electron chi connectivity index (χ1n) is 11.5. The molecule has 0 bridgehead atoms. The van der Waals surface area contributed by atoms with Crippen molar-refractivity contribution in [2.45, 2.75) is 38.5 Å². The number of benzene rings is 1. The molecular weight excluding hydrogens is 452 g/mol. The summed E-state index contributed by atoms with van der Waals surface area (Å²) in [7, 11) is 3.34. The first-order chi connectivity index (χ1) is 16.3. The van der Waals surface area contributed by atoms with Crippen molar-refractivity contribution in [1.29, 1.82) is 0 Å². The van der Waals surface area contributed by atoms with Crippen LogP contribution in [0.2, 0.25) is 0 Å². The van der Waals surface area contributed by atoms with Crippen LogP contribution < -0.4 is 14.8 Å². The van der Waals surface area contributed by atoms with Gasteiger partial charge in [-0.1, -0.05) is 30.0 Å². The van der Waals surface area contributed by atoms with E-state index in [1.54, 1.807) is 24.8 Å². The van der Waals surface area contributed by atoms with Crippen molar-refractivity contribution in [3.8, 4) is 11.5 Å². The summed E-state index contributed by atoms with van der Waals surface area (Å²) >= 11 is 1.47. The molecule has 3 rings (SSSR count). The van der Waals surface area contributed by atoms with Crippen LogP contribution in [0.25, 0.3) is 6.08 Å². The molecule has 0 spiro atoms. The topological polar surface area (TPSA) is 76.9 Å². The Morgan fingerprint density at radius 2 is 2.09 bits per heavy atom. The zero-order chi connectivity index (χ0) is 24.7. The molecule has 1 aliphatic heterocycles. The van der Waals surface area contributed by atoms with Gasteiger partial charge in [-0.3, -0.25) is 4.79 Å². The minimum absolute atomic E-state index is 0.0467. The lowest BCUT2D eigenvalue weighted by atomic mass is 10.0. The van der Waals surface area contributed by atoms with Gasteiger partial charge in [0.1, 0.15) is 17.2 Å². The number of hydrogen-bond donors (Lipinski definition) is 1. The number of nitrogens with one attached hydrogen (secondary N) is 1. The van der Waals surface area contributed by atoms with E-state index in [1.165, 1.54) is 11.8 Å². The van der Waals surface area contributed by atoms with Crippen LogP contribution in [0, 0.1) is 0 Å². The molecule has 8 heteroatoms. The number of likely N-dealkylation sites (N-methyl/N-ethyl adjacent to an activating group) is 1. The van der Waals surface area contributed by atoms with Gasteiger partial charge < -0.3 is 19.5 Å². The summed E-state index contributed by atoms with van der Waals surface area (Å²) in [6.45, 7) is 7.58. The molecule has 0 aromatic heterocycles. The van der Waals surface area contributed by atoms with E-state index in [2.05, 4.69) is 5.32 Å². The molecule has 0 radical (unpaired) electrons. The van der Waals surface area contributed by atoms with Gasteiger partial charge in [-0.25, -0.2) is 4.79 Å². The Labute approximate surface area is 205 Å². The number of allylic oxidation sites excluding steroid dienone is 1. The van der Waals surface area contributed by atoms with Crippen molar-refractivity contribution in [2.75, 3.05) is 33.9 Å².